The van der Waals surface area contributed by atoms with Crippen molar-refractivity contribution in [3.63, 3.8) is 0 Å². The van der Waals surface area contributed by atoms with Crippen LogP contribution in [0.15, 0.2) is 0 Å². The quantitative estimate of drug-likeness (QED) is 0.583. The molecule has 2 N–H and O–H groups in total. The van der Waals surface area contributed by atoms with E-state index in [1.807, 2.05) is 0 Å². The van der Waals surface area contributed by atoms with Gasteiger partial charge < -0.3 is 19.9 Å². The molecule has 0 aromatic heterocycles. The highest BCUT2D eigenvalue weighted by atomic mass is 16.5. The topological polar surface area (TPSA) is 50.7 Å². The Hall–Kier alpha value is -0.160. The fraction of sp³-hybridized carbons (Fsp3) is 1.00. The molecule has 4 heteroatoms. The van der Waals surface area contributed by atoms with Crippen molar-refractivity contribution in [3.8, 4) is 0 Å². The highest BCUT2D eigenvalue weighted by molar-refractivity contribution is 4.76. The summed E-state index contributed by atoms with van der Waals surface area (Å²) in [5.74, 6) is 1.18. The minimum absolute atomic E-state index is 0.354. The van der Waals surface area contributed by atoms with E-state index >= 15 is 0 Å². The van der Waals surface area contributed by atoms with Crippen molar-refractivity contribution in [2.24, 2.45) is 11.8 Å². The summed E-state index contributed by atoms with van der Waals surface area (Å²) in [5, 5.41) is 12.8. The van der Waals surface area contributed by atoms with Crippen molar-refractivity contribution < 1.29 is 14.6 Å². The smallest absolute Gasteiger partial charge is 0.0700 e. The van der Waals surface area contributed by atoms with Crippen molar-refractivity contribution >= 4 is 0 Å². The molecule has 1 aliphatic carbocycles. The Balaban J connectivity index is 1.93. The van der Waals surface area contributed by atoms with E-state index in [0.29, 0.717) is 31.7 Å². The summed E-state index contributed by atoms with van der Waals surface area (Å²) in [6, 6.07) is 0. The summed E-state index contributed by atoms with van der Waals surface area (Å²) in [6.07, 6.45) is 6.11. The maximum absolute atomic E-state index is 9.33. The SMILES string of the molecule is COCCOCCCNCC1CCCCC1CO. The van der Waals surface area contributed by atoms with Crippen LogP contribution in [0.4, 0.5) is 0 Å². The van der Waals surface area contributed by atoms with Crippen molar-refractivity contribution in [3.05, 3.63) is 0 Å². The number of hydrogen-bond donors (Lipinski definition) is 2. The molecule has 1 saturated carbocycles. The summed E-state index contributed by atoms with van der Waals surface area (Å²) in [6.45, 7) is 4.56. The minimum atomic E-state index is 0.354. The molecule has 0 heterocycles. The summed E-state index contributed by atoms with van der Waals surface area (Å²) in [5.41, 5.74) is 0. The average molecular weight is 259 g/mol. The molecule has 0 bridgehead atoms. The van der Waals surface area contributed by atoms with Crippen LogP contribution in [0.25, 0.3) is 0 Å². The van der Waals surface area contributed by atoms with Crippen LogP contribution < -0.4 is 5.32 Å². The zero-order valence-electron chi connectivity index (χ0n) is 11.7. The maximum Gasteiger partial charge on any atom is 0.0700 e. The predicted molar refractivity (Wildman–Crippen MR) is 72.7 cm³/mol. The summed E-state index contributed by atoms with van der Waals surface area (Å²) in [7, 11) is 1.69. The Bertz CT molecular complexity index is 190. The Labute approximate surface area is 111 Å². The van der Waals surface area contributed by atoms with Gasteiger partial charge in [0.15, 0.2) is 0 Å². The fourth-order valence-corrected chi connectivity index (χ4v) is 2.62. The highest BCUT2D eigenvalue weighted by Crippen LogP contribution is 2.28. The summed E-state index contributed by atoms with van der Waals surface area (Å²) < 4.78 is 10.3. The minimum Gasteiger partial charge on any atom is -0.396 e. The van der Waals surface area contributed by atoms with E-state index in [-0.39, 0.29) is 0 Å². The number of ether oxygens (including phenoxy) is 2. The van der Waals surface area contributed by atoms with E-state index in [0.717, 1.165) is 26.1 Å². The number of methoxy groups -OCH3 is 1. The van der Waals surface area contributed by atoms with Gasteiger partial charge in [-0.3, -0.25) is 0 Å². The van der Waals surface area contributed by atoms with E-state index < -0.39 is 0 Å². The lowest BCUT2D eigenvalue weighted by Gasteiger charge is -2.30. The molecule has 1 fully saturated rings. The van der Waals surface area contributed by atoms with Gasteiger partial charge in [0.05, 0.1) is 13.2 Å². The average Bonchev–Trinajstić information content (AvgIpc) is 2.42. The third-order valence-corrected chi connectivity index (χ3v) is 3.78. The first-order valence-electron chi connectivity index (χ1n) is 7.26. The molecule has 0 aliphatic heterocycles. The first-order valence-corrected chi connectivity index (χ1v) is 7.26. The second kappa shape index (κ2) is 10.7. The Morgan fingerprint density at radius 1 is 1.11 bits per heavy atom. The molecule has 2 unspecified atom stereocenters. The molecular formula is C14H29NO3. The second-order valence-corrected chi connectivity index (χ2v) is 5.15. The van der Waals surface area contributed by atoms with Gasteiger partial charge in [-0.2, -0.15) is 0 Å². The summed E-state index contributed by atoms with van der Waals surface area (Å²) >= 11 is 0. The fourth-order valence-electron chi connectivity index (χ4n) is 2.62. The zero-order chi connectivity index (χ0) is 13.1. The van der Waals surface area contributed by atoms with E-state index in [1.54, 1.807) is 7.11 Å². The van der Waals surface area contributed by atoms with Gasteiger partial charge in [-0.1, -0.05) is 12.8 Å². The van der Waals surface area contributed by atoms with E-state index in [4.69, 9.17) is 9.47 Å². The normalized spacial score (nSPS) is 24.3. The molecule has 18 heavy (non-hydrogen) atoms. The standard InChI is InChI=1S/C14H29NO3/c1-17-9-10-18-8-4-7-15-11-13-5-2-3-6-14(13)12-16/h13-16H,2-12H2,1H3. The molecule has 108 valence electrons. The third kappa shape index (κ3) is 6.69. The molecule has 0 saturated heterocycles. The van der Waals surface area contributed by atoms with Crippen LogP contribution in [0.5, 0.6) is 0 Å². The van der Waals surface area contributed by atoms with Crippen molar-refractivity contribution in [2.45, 2.75) is 32.1 Å². The molecule has 0 amide bonds. The van der Waals surface area contributed by atoms with Gasteiger partial charge in [-0.25, -0.2) is 0 Å². The van der Waals surface area contributed by atoms with Crippen LogP contribution in [0, 0.1) is 11.8 Å². The predicted octanol–water partition coefficient (Wildman–Crippen LogP) is 1.43. The first kappa shape index (κ1) is 15.9. The number of aliphatic hydroxyl groups is 1. The van der Waals surface area contributed by atoms with Gasteiger partial charge in [-0.05, 0) is 44.2 Å². The van der Waals surface area contributed by atoms with Crippen LogP contribution in [0.3, 0.4) is 0 Å². The summed E-state index contributed by atoms with van der Waals surface area (Å²) in [4.78, 5) is 0. The molecule has 4 nitrogen and oxygen atoms in total. The molecule has 0 aromatic carbocycles. The van der Waals surface area contributed by atoms with Crippen molar-refractivity contribution in [2.75, 3.05) is 46.6 Å². The lowest BCUT2D eigenvalue weighted by molar-refractivity contribution is 0.0690. The van der Waals surface area contributed by atoms with Crippen molar-refractivity contribution in [1.82, 2.24) is 5.32 Å². The van der Waals surface area contributed by atoms with Gasteiger partial charge in [0, 0.05) is 20.3 Å². The lowest BCUT2D eigenvalue weighted by atomic mass is 9.79. The molecule has 0 spiro atoms. The molecule has 0 aromatic rings. The number of aliphatic hydroxyl groups excluding tert-OH is 1. The van der Waals surface area contributed by atoms with Crippen LogP contribution in [-0.2, 0) is 9.47 Å². The van der Waals surface area contributed by atoms with E-state index in [9.17, 15) is 5.11 Å². The number of rotatable bonds is 10. The molecule has 2 atom stereocenters. The van der Waals surface area contributed by atoms with Gasteiger partial charge >= 0.3 is 0 Å². The lowest BCUT2D eigenvalue weighted by Crippen LogP contribution is -2.33. The van der Waals surface area contributed by atoms with Gasteiger partial charge in [0.1, 0.15) is 0 Å². The number of hydrogen-bond acceptors (Lipinski definition) is 4. The monoisotopic (exact) mass is 259 g/mol. The Kier molecular flexibility index (Phi) is 9.48. The molecular weight excluding hydrogens is 230 g/mol. The first-order chi connectivity index (χ1) is 8.88. The Morgan fingerprint density at radius 3 is 2.61 bits per heavy atom. The molecule has 0 radical (unpaired) electrons. The van der Waals surface area contributed by atoms with Gasteiger partial charge in [0.2, 0.25) is 0 Å². The van der Waals surface area contributed by atoms with Crippen LogP contribution >= 0.6 is 0 Å². The van der Waals surface area contributed by atoms with E-state index in [1.165, 1.54) is 25.7 Å². The van der Waals surface area contributed by atoms with Crippen LogP contribution in [0.1, 0.15) is 32.1 Å². The van der Waals surface area contributed by atoms with E-state index in [2.05, 4.69) is 5.32 Å². The Morgan fingerprint density at radius 2 is 1.89 bits per heavy atom. The third-order valence-electron chi connectivity index (χ3n) is 3.78. The van der Waals surface area contributed by atoms with Gasteiger partial charge in [0.25, 0.3) is 0 Å². The zero-order valence-corrected chi connectivity index (χ0v) is 11.7. The highest BCUT2D eigenvalue weighted by Gasteiger charge is 2.23. The molecule has 1 aliphatic rings. The maximum atomic E-state index is 9.33. The number of nitrogens with one attached hydrogen (secondary N) is 1. The van der Waals surface area contributed by atoms with Crippen molar-refractivity contribution in [1.29, 1.82) is 0 Å². The second-order valence-electron chi connectivity index (χ2n) is 5.15. The largest absolute Gasteiger partial charge is 0.396 e. The molecule has 1 rings (SSSR count). The van der Waals surface area contributed by atoms with Gasteiger partial charge in [-0.15, -0.1) is 0 Å². The van der Waals surface area contributed by atoms with Crippen LogP contribution in [0.2, 0.25) is 0 Å². The van der Waals surface area contributed by atoms with Crippen LogP contribution in [-0.4, -0.2) is 51.7 Å².